The molecule has 0 bridgehead atoms. The minimum absolute atomic E-state index is 0.148. The van der Waals surface area contributed by atoms with Gasteiger partial charge >= 0.3 is 5.97 Å². The molecule has 1 rings (SSSR count). The van der Waals surface area contributed by atoms with Crippen LogP contribution in [0.1, 0.15) is 37.8 Å². The van der Waals surface area contributed by atoms with Crippen molar-refractivity contribution in [3.63, 3.8) is 0 Å². The second-order valence-electron chi connectivity index (χ2n) is 5.08. The topological polar surface area (TPSA) is 60.8 Å². The van der Waals surface area contributed by atoms with Gasteiger partial charge in [0.2, 0.25) is 0 Å². The largest absolute Gasteiger partial charge is 0.478 e. The van der Waals surface area contributed by atoms with Crippen molar-refractivity contribution in [3.8, 4) is 0 Å². The first-order valence-corrected chi connectivity index (χ1v) is 7.45. The van der Waals surface area contributed by atoms with Crippen molar-refractivity contribution in [2.75, 3.05) is 13.2 Å². The Balaban J connectivity index is 2.83. The fraction of sp³-hybridized carbons (Fsp3) is 0.471. The predicted octanol–water partition coefficient (Wildman–Crippen LogP) is 2.77. The van der Waals surface area contributed by atoms with Gasteiger partial charge in [-0.05, 0) is 30.0 Å². The number of rotatable bonds is 9. The van der Waals surface area contributed by atoms with Gasteiger partial charge in [0, 0.05) is 25.2 Å². The summed E-state index contributed by atoms with van der Waals surface area (Å²) < 4.78 is 0. The number of nitrogens with zero attached hydrogens (tertiary/aromatic N) is 1. The normalized spacial score (nSPS) is 11.7. The molecule has 0 unspecified atom stereocenters. The van der Waals surface area contributed by atoms with Gasteiger partial charge in [-0.3, -0.25) is 4.90 Å². The molecular formula is C17H25NO3. The molecule has 0 saturated heterocycles. The van der Waals surface area contributed by atoms with Crippen molar-refractivity contribution in [1.82, 2.24) is 4.90 Å². The van der Waals surface area contributed by atoms with E-state index in [4.69, 9.17) is 5.11 Å². The SMILES string of the molecule is CCC(CC)N(CCO)Cc1cccc(C=CC(=O)O)c1. The zero-order valence-corrected chi connectivity index (χ0v) is 12.8. The lowest BCUT2D eigenvalue weighted by molar-refractivity contribution is -0.131. The van der Waals surface area contributed by atoms with Crippen molar-refractivity contribution in [2.24, 2.45) is 0 Å². The molecule has 0 atom stereocenters. The van der Waals surface area contributed by atoms with Crippen LogP contribution in [0.4, 0.5) is 0 Å². The molecule has 0 aliphatic rings. The smallest absolute Gasteiger partial charge is 0.328 e. The van der Waals surface area contributed by atoms with Crippen LogP contribution in [0, 0.1) is 0 Å². The molecule has 4 nitrogen and oxygen atoms in total. The molecule has 0 radical (unpaired) electrons. The second kappa shape index (κ2) is 9.32. The van der Waals surface area contributed by atoms with Crippen molar-refractivity contribution in [1.29, 1.82) is 0 Å². The highest BCUT2D eigenvalue weighted by Crippen LogP contribution is 2.15. The molecule has 0 amide bonds. The van der Waals surface area contributed by atoms with E-state index in [-0.39, 0.29) is 6.61 Å². The van der Waals surface area contributed by atoms with Crippen LogP contribution >= 0.6 is 0 Å². The van der Waals surface area contributed by atoms with Gasteiger partial charge in [-0.2, -0.15) is 0 Å². The summed E-state index contributed by atoms with van der Waals surface area (Å²) in [6, 6.07) is 8.30. The maximum absolute atomic E-state index is 10.6. The van der Waals surface area contributed by atoms with Crippen molar-refractivity contribution in [3.05, 3.63) is 41.5 Å². The van der Waals surface area contributed by atoms with E-state index in [1.807, 2.05) is 24.3 Å². The zero-order valence-electron chi connectivity index (χ0n) is 12.8. The summed E-state index contributed by atoms with van der Waals surface area (Å²) in [7, 11) is 0. The Kier molecular flexibility index (Phi) is 7.72. The maximum atomic E-state index is 10.6. The Morgan fingerprint density at radius 3 is 2.62 bits per heavy atom. The first-order valence-electron chi connectivity index (χ1n) is 7.45. The van der Waals surface area contributed by atoms with Crippen LogP contribution in [-0.4, -0.2) is 40.3 Å². The highest BCUT2D eigenvalue weighted by Gasteiger charge is 2.14. The average molecular weight is 291 g/mol. The van der Waals surface area contributed by atoms with Crippen LogP contribution in [0.3, 0.4) is 0 Å². The number of hydrogen-bond donors (Lipinski definition) is 2. The van der Waals surface area contributed by atoms with Crippen LogP contribution in [0.25, 0.3) is 6.08 Å². The fourth-order valence-corrected chi connectivity index (χ4v) is 2.52. The number of aliphatic hydroxyl groups excluding tert-OH is 1. The van der Waals surface area contributed by atoms with Gasteiger partial charge in [0.05, 0.1) is 6.61 Å². The summed E-state index contributed by atoms with van der Waals surface area (Å²) in [5.41, 5.74) is 2.01. The summed E-state index contributed by atoms with van der Waals surface area (Å²) in [5.74, 6) is -0.945. The van der Waals surface area contributed by atoms with E-state index in [1.165, 1.54) is 0 Å². The van der Waals surface area contributed by atoms with Gasteiger partial charge in [-0.1, -0.05) is 38.1 Å². The number of hydrogen-bond acceptors (Lipinski definition) is 3. The van der Waals surface area contributed by atoms with E-state index in [9.17, 15) is 9.90 Å². The van der Waals surface area contributed by atoms with Gasteiger partial charge in [0.25, 0.3) is 0 Å². The zero-order chi connectivity index (χ0) is 15.7. The predicted molar refractivity (Wildman–Crippen MR) is 85.0 cm³/mol. The number of aliphatic hydroxyl groups is 1. The molecule has 0 aliphatic heterocycles. The Hall–Kier alpha value is -1.65. The molecule has 116 valence electrons. The molecule has 0 heterocycles. The van der Waals surface area contributed by atoms with Gasteiger partial charge in [-0.15, -0.1) is 0 Å². The Morgan fingerprint density at radius 2 is 2.05 bits per heavy atom. The summed E-state index contributed by atoms with van der Waals surface area (Å²) >= 11 is 0. The minimum atomic E-state index is -0.945. The molecule has 0 aromatic heterocycles. The van der Waals surface area contributed by atoms with Crippen molar-refractivity contribution < 1.29 is 15.0 Å². The molecule has 1 aromatic carbocycles. The highest BCUT2D eigenvalue weighted by atomic mass is 16.4. The van der Waals surface area contributed by atoms with Crippen LogP contribution in [0.5, 0.6) is 0 Å². The molecule has 0 spiro atoms. The van der Waals surface area contributed by atoms with E-state index < -0.39 is 5.97 Å². The van der Waals surface area contributed by atoms with Crippen LogP contribution in [0.15, 0.2) is 30.3 Å². The first-order chi connectivity index (χ1) is 10.1. The van der Waals surface area contributed by atoms with Gasteiger partial charge in [-0.25, -0.2) is 4.79 Å². The molecule has 0 aliphatic carbocycles. The number of carboxylic acids is 1. The van der Waals surface area contributed by atoms with Crippen molar-refractivity contribution in [2.45, 2.75) is 39.3 Å². The number of carboxylic acid groups (broad SMARTS) is 1. The van der Waals surface area contributed by atoms with E-state index >= 15 is 0 Å². The summed E-state index contributed by atoms with van der Waals surface area (Å²) in [5, 5.41) is 17.9. The molecule has 1 aromatic rings. The lowest BCUT2D eigenvalue weighted by Crippen LogP contribution is -2.36. The highest BCUT2D eigenvalue weighted by molar-refractivity contribution is 5.85. The third-order valence-corrected chi connectivity index (χ3v) is 3.60. The number of carbonyl (C=O) groups is 1. The second-order valence-corrected chi connectivity index (χ2v) is 5.08. The van der Waals surface area contributed by atoms with Crippen LogP contribution in [-0.2, 0) is 11.3 Å². The monoisotopic (exact) mass is 291 g/mol. The lowest BCUT2D eigenvalue weighted by atomic mass is 10.1. The van der Waals surface area contributed by atoms with E-state index in [2.05, 4.69) is 18.7 Å². The van der Waals surface area contributed by atoms with Crippen LogP contribution in [0.2, 0.25) is 0 Å². The molecule has 21 heavy (non-hydrogen) atoms. The fourth-order valence-electron chi connectivity index (χ4n) is 2.52. The van der Waals surface area contributed by atoms with Crippen LogP contribution < -0.4 is 0 Å². The van der Waals surface area contributed by atoms with Crippen molar-refractivity contribution >= 4 is 12.0 Å². The lowest BCUT2D eigenvalue weighted by Gasteiger charge is -2.30. The average Bonchev–Trinajstić information content (AvgIpc) is 2.47. The van der Waals surface area contributed by atoms with Gasteiger partial charge < -0.3 is 10.2 Å². The van der Waals surface area contributed by atoms with E-state index in [0.29, 0.717) is 12.6 Å². The quantitative estimate of drug-likeness (QED) is 0.687. The third-order valence-electron chi connectivity index (χ3n) is 3.60. The Morgan fingerprint density at radius 1 is 1.33 bits per heavy atom. The Labute approximate surface area is 126 Å². The molecule has 2 N–H and O–H groups in total. The van der Waals surface area contributed by atoms with Gasteiger partial charge in [0.15, 0.2) is 0 Å². The van der Waals surface area contributed by atoms with E-state index in [0.717, 1.165) is 36.6 Å². The standard InChI is InChI=1S/C17H25NO3/c1-3-16(4-2)18(10-11-19)13-15-7-5-6-14(12-15)8-9-17(20)21/h5-9,12,16,19H,3-4,10-11,13H2,1-2H3,(H,20,21). The summed E-state index contributed by atoms with van der Waals surface area (Å²) in [6.07, 6.45) is 4.84. The number of benzene rings is 1. The minimum Gasteiger partial charge on any atom is -0.478 e. The van der Waals surface area contributed by atoms with Gasteiger partial charge in [0.1, 0.15) is 0 Å². The van der Waals surface area contributed by atoms with E-state index in [1.54, 1.807) is 6.08 Å². The molecule has 4 heteroatoms. The Bertz CT molecular complexity index is 467. The maximum Gasteiger partial charge on any atom is 0.328 e. The molecule has 0 saturated carbocycles. The molecule has 0 fully saturated rings. The third kappa shape index (κ3) is 6.10. The summed E-state index contributed by atoms with van der Waals surface area (Å²) in [6.45, 7) is 5.88. The number of aliphatic carboxylic acids is 1. The summed E-state index contributed by atoms with van der Waals surface area (Å²) in [4.78, 5) is 12.8. The molecular weight excluding hydrogens is 266 g/mol. The first kappa shape index (κ1) is 17.4.